The number of urea groups is 1. The SMILES string of the molecule is Cc1ccc(N2CC[C@@H](NC(=O)Nc3ccc4c(c3)OCCO4)C2=O)cc1C. The maximum absolute atomic E-state index is 12.7. The molecule has 0 aromatic heterocycles. The fraction of sp³-hybridized carbons (Fsp3) is 0.333. The lowest BCUT2D eigenvalue weighted by molar-refractivity contribution is -0.118. The van der Waals surface area contributed by atoms with Crippen molar-refractivity contribution in [3.63, 3.8) is 0 Å². The number of anilines is 2. The van der Waals surface area contributed by atoms with Gasteiger partial charge in [0.15, 0.2) is 11.5 Å². The first-order valence-corrected chi connectivity index (χ1v) is 9.37. The average molecular weight is 381 g/mol. The Morgan fingerprint density at radius 3 is 2.61 bits per heavy atom. The third-order valence-electron chi connectivity index (χ3n) is 5.11. The lowest BCUT2D eigenvalue weighted by Crippen LogP contribution is -2.43. The van der Waals surface area contributed by atoms with Crippen LogP contribution in [0.3, 0.4) is 0 Å². The van der Waals surface area contributed by atoms with Gasteiger partial charge < -0.3 is 25.0 Å². The van der Waals surface area contributed by atoms with E-state index in [0.29, 0.717) is 43.4 Å². The van der Waals surface area contributed by atoms with Gasteiger partial charge in [-0.05, 0) is 55.7 Å². The van der Waals surface area contributed by atoms with Crippen molar-refractivity contribution in [1.29, 1.82) is 0 Å². The van der Waals surface area contributed by atoms with Gasteiger partial charge in [-0.2, -0.15) is 0 Å². The molecule has 2 aliphatic heterocycles. The minimum absolute atomic E-state index is 0.0967. The molecule has 0 saturated carbocycles. The Morgan fingerprint density at radius 2 is 1.82 bits per heavy atom. The molecular formula is C21H23N3O4. The molecular weight excluding hydrogens is 358 g/mol. The summed E-state index contributed by atoms with van der Waals surface area (Å²) in [6, 6.07) is 10.2. The molecule has 0 radical (unpaired) electrons. The number of ether oxygens (including phenoxy) is 2. The maximum Gasteiger partial charge on any atom is 0.319 e. The molecule has 1 atom stereocenters. The molecule has 1 saturated heterocycles. The maximum atomic E-state index is 12.7. The third kappa shape index (κ3) is 3.60. The summed E-state index contributed by atoms with van der Waals surface area (Å²) in [4.78, 5) is 26.8. The second kappa shape index (κ2) is 7.42. The van der Waals surface area contributed by atoms with Crippen LogP contribution in [0.4, 0.5) is 16.2 Å². The van der Waals surface area contributed by atoms with Gasteiger partial charge in [-0.3, -0.25) is 4.79 Å². The first-order valence-electron chi connectivity index (χ1n) is 9.37. The Morgan fingerprint density at radius 1 is 1.04 bits per heavy atom. The highest BCUT2D eigenvalue weighted by Crippen LogP contribution is 2.32. The summed E-state index contributed by atoms with van der Waals surface area (Å²) in [7, 11) is 0. The second-order valence-electron chi connectivity index (χ2n) is 7.06. The first-order chi connectivity index (χ1) is 13.5. The molecule has 1 fully saturated rings. The van der Waals surface area contributed by atoms with Crippen LogP contribution in [0, 0.1) is 13.8 Å². The minimum Gasteiger partial charge on any atom is -0.486 e. The quantitative estimate of drug-likeness (QED) is 0.857. The molecule has 28 heavy (non-hydrogen) atoms. The Bertz CT molecular complexity index is 928. The van der Waals surface area contributed by atoms with Crippen LogP contribution in [0.15, 0.2) is 36.4 Å². The van der Waals surface area contributed by atoms with E-state index in [1.54, 1.807) is 23.1 Å². The van der Waals surface area contributed by atoms with E-state index in [9.17, 15) is 9.59 Å². The van der Waals surface area contributed by atoms with Crippen molar-refractivity contribution in [2.75, 3.05) is 30.0 Å². The summed E-state index contributed by atoms with van der Waals surface area (Å²) in [6.45, 7) is 5.64. The number of fused-ring (bicyclic) bond motifs is 1. The highest BCUT2D eigenvalue weighted by atomic mass is 16.6. The van der Waals surface area contributed by atoms with Crippen LogP contribution in [0.25, 0.3) is 0 Å². The van der Waals surface area contributed by atoms with Gasteiger partial charge in [-0.1, -0.05) is 6.07 Å². The van der Waals surface area contributed by atoms with E-state index in [2.05, 4.69) is 10.6 Å². The van der Waals surface area contributed by atoms with Crippen molar-refractivity contribution < 1.29 is 19.1 Å². The van der Waals surface area contributed by atoms with Crippen LogP contribution in [0.1, 0.15) is 17.5 Å². The van der Waals surface area contributed by atoms with Crippen molar-refractivity contribution in [2.24, 2.45) is 0 Å². The summed E-state index contributed by atoms with van der Waals surface area (Å²) >= 11 is 0. The van der Waals surface area contributed by atoms with Crippen molar-refractivity contribution in [3.8, 4) is 11.5 Å². The Hall–Kier alpha value is -3.22. The second-order valence-corrected chi connectivity index (χ2v) is 7.06. The van der Waals surface area contributed by atoms with Gasteiger partial charge in [0.2, 0.25) is 5.91 Å². The van der Waals surface area contributed by atoms with Gasteiger partial charge in [0.25, 0.3) is 0 Å². The first kappa shape index (κ1) is 18.2. The van der Waals surface area contributed by atoms with Crippen LogP contribution in [-0.2, 0) is 4.79 Å². The van der Waals surface area contributed by atoms with E-state index in [0.717, 1.165) is 11.3 Å². The number of hydrogen-bond acceptors (Lipinski definition) is 4. The highest BCUT2D eigenvalue weighted by molar-refractivity contribution is 6.02. The van der Waals surface area contributed by atoms with Gasteiger partial charge in [-0.25, -0.2) is 4.79 Å². The van der Waals surface area contributed by atoms with Crippen LogP contribution in [0.5, 0.6) is 11.5 Å². The molecule has 3 amide bonds. The monoisotopic (exact) mass is 381 g/mol. The molecule has 7 nitrogen and oxygen atoms in total. The van der Waals surface area contributed by atoms with Gasteiger partial charge in [0.05, 0.1) is 0 Å². The molecule has 146 valence electrons. The molecule has 2 N–H and O–H groups in total. The molecule has 2 aromatic carbocycles. The molecule has 0 spiro atoms. The normalized spacial score (nSPS) is 18.1. The number of carbonyl (C=O) groups excluding carboxylic acids is 2. The van der Waals surface area contributed by atoms with Crippen LogP contribution in [-0.4, -0.2) is 37.7 Å². The fourth-order valence-corrected chi connectivity index (χ4v) is 3.41. The molecule has 2 heterocycles. The number of rotatable bonds is 3. The molecule has 2 aromatic rings. The predicted octanol–water partition coefficient (Wildman–Crippen LogP) is 3.00. The zero-order valence-corrected chi connectivity index (χ0v) is 16.0. The number of aryl methyl sites for hydroxylation is 2. The topological polar surface area (TPSA) is 79.9 Å². The molecule has 4 rings (SSSR count). The van der Waals surface area contributed by atoms with Gasteiger partial charge >= 0.3 is 6.03 Å². The Labute approximate surface area is 163 Å². The smallest absolute Gasteiger partial charge is 0.319 e. The predicted molar refractivity (Wildman–Crippen MR) is 106 cm³/mol. The van der Waals surface area contributed by atoms with Crippen LogP contribution in [0.2, 0.25) is 0 Å². The van der Waals surface area contributed by atoms with Crippen molar-refractivity contribution in [1.82, 2.24) is 5.32 Å². The number of nitrogens with zero attached hydrogens (tertiary/aromatic N) is 1. The van der Waals surface area contributed by atoms with E-state index >= 15 is 0 Å². The van der Waals surface area contributed by atoms with E-state index in [-0.39, 0.29) is 5.91 Å². The van der Waals surface area contributed by atoms with Crippen molar-refractivity contribution in [2.45, 2.75) is 26.3 Å². The zero-order chi connectivity index (χ0) is 19.7. The largest absolute Gasteiger partial charge is 0.486 e. The number of benzene rings is 2. The minimum atomic E-state index is -0.543. The van der Waals surface area contributed by atoms with Crippen LogP contribution < -0.4 is 25.0 Å². The molecule has 7 heteroatoms. The number of hydrogen-bond donors (Lipinski definition) is 2. The van der Waals surface area contributed by atoms with Gasteiger partial charge in [0, 0.05) is 24.0 Å². The summed E-state index contributed by atoms with van der Waals surface area (Å²) in [5, 5.41) is 5.52. The van der Waals surface area contributed by atoms with Crippen LogP contribution >= 0.6 is 0 Å². The number of amides is 3. The zero-order valence-electron chi connectivity index (χ0n) is 16.0. The van der Waals surface area contributed by atoms with E-state index in [1.807, 2.05) is 32.0 Å². The van der Waals surface area contributed by atoms with E-state index in [1.165, 1.54) is 5.56 Å². The van der Waals surface area contributed by atoms with E-state index < -0.39 is 12.1 Å². The standard InChI is InChI=1S/C21H23N3O4/c1-13-3-5-16(11-14(13)2)24-8-7-17(20(24)25)23-21(26)22-15-4-6-18-19(12-15)28-10-9-27-18/h3-6,11-12,17H,7-10H2,1-2H3,(H2,22,23,26)/t17-/m1/s1. The summed E-state index contributed by atoms with van der Waals surface area (Å²) in [6.07, 6.45) is 0.570. The summed E-state index contributed by atoms with van der Waals surface area (Å²) in [5.74, 6) is 1.16. The summed E-state index contributed by atoms with van der Waals surface area (Å²) < 4.78 is 11.0. The molecule has 0 unspecified atom stereocenters. The van der Waals surface area contributed by atoms with E-state index in [4.69, 9.17) is 9.47 Å². The molecule has 0 aliphatic carbocycles. The molecule has 2 aliphatic rings. The lowest BCUT2D eigenvalue weighted by atomic mass is 10.1. The Balaban J connectivity index is 1.38. The molecule has 0 bridgehead atoms. The fourth-order valence-electron chi connectivity index (χ4n) is 3.41. The summed E-state index contributed by atoms with van der Waals surface area (Å²) in [5.41, 5.74) is 3.77. The highest BCUT2D eigenvalue weighted by Gasteiger charge is 2.33. The van der Waals surface area contributed by atoms with Crippen molar-refractivity contribution in [3.05, 3.63) is 47.5 Å². The van der Waals surface area contributed by atoms with Gasteiger partial charge in [-0.15, -0.1) is 0 Å². The number of nitrogens with one attached hydrogen (secondary N) is 2. The number of carbonyl (C=O) groups is 2. The lowest BCUT2D eigenvalue weighted by Gasteiger charge is -2.20. The Kier molecular flexibility index (Phi) is 4.81. The third-order valence-corrected chi connectivity index (χ3v) is 5.11. The van der Waals surface area contributed by atoms with Gasteiger partial charge in [0.1, 0.15) is 19.3 Å². The average Bonchev–Trinajstić information content (AvgIpc) is 3.04. The van der Waals surface area contributed by atoms with Crippen molar-refractivity contribution >= 4 is 23.3 Å².